The molecule has 2 aliphatic heterocycles. The standard InChI is InChI=1S/C32H38ClN5O3S/c1-4-41-31(40)26-8-7-15-38(20-26)30(39)25-13-11-24(12-14-25)21-42-32-34-23(3)22(2)29(35-32)37-18-16-36(17-19-37)28-10-6-5-9-27(28)33/h5-6,9-14,26H,4,7-8,15-21H2,1-3H3/t26-/m0/s1. The van der Waals surface area contributed by atoms with E-state index in [-0.39, 0.29) is 17.8 Å². The molecule has 10 heteroatoms. The smallest absolute Gasteiger partial charge is 0.310 e. The van der Waals surface area contributed by atoms with Crippen LogP contribution in [0.25, 0.3) is 0 Å². The van der Waals surface area contributed by atoms with Gasteiger partial charge in [0.25, 0.3) is 5.91 Å². The van der Waals surface area contributed by atoms with E-state index in [1.165, 1.54) is 0 Å². The number of piperidine rings is 1. The first-order valence-electron chi connectivity index (χ1n) is 14.6. The minimum absolute atomic E-state index is 0.0417. The van der Waals surface area contributed by atoms with Gasteiger partial charge in [0.1, 0.15) is 5.82 Å². The molecule has 2 aromatic carbocycles. The van der Waals surface area contributed by atoms with Gasteiger partial charge in [0.2, 0.25) is 0 Å². The molecular weight excluding hydrogens is 570 g/mol. The summed E-state index contributed by atoms with van der Waals surface area (Å²) in [5, 5.41) is 1.53. The Hall–Kier alpha value is -3.30. The normalized spacial score (nSPS) is 17.3. The van der Waals surface area contributed by atoms with Crippen LogP contribution in [0.5, 0.6) is 0 Å². The predicted octanol–water partition coefficient (Wildman–Crippen LogP) is 5.78. The molecule has 0 radical (unpaired) electrons. The maximum Gasteiger partial charge on any atom is 0.310 e. The van der Waals surface area contributed by atoms with Gasteiger partial charge in [0.15, 0.2) is 5.16 Å². The zero-order chi connectivity index (χ0) is 29.6. The fourth-order valence-electron chi connectivity index (χ4n) is 5.52. The van der Waals surface area contributed by atoms with Crippen LogP contribution in [0.1, 0.15) is 46.9 Å². The molecule has 1 aromatic heterocycles. The average molecular weight is 608 g/mol. The summed E-state index contributed by atoms with van der Waals surface area (Å²) in [6.07, 6.45) is 1.57. The molecule has 0 bridgehead atoms. The highest BCUT2D eigenvalue weighted by Gasteiger charge is 2.30. The molecule has 2 fully saturated rings. The van der Waals surface area contributed by atoms with E-state index in [1.807, 2.05) is 49.4 Å². The second-order valence-corrected chi connectivity index (χ2v) is 12.1. The second kappa shape index (κ2) is 13.8. The molecule has 2 aliphatic rings. The molecule has 0 unspecified atom stereocenters. The number of aromatic nitrogens is 2. The van der Waals surface area contributed by atoms with E-state index >= 15 is 0 Å². The van der Waals surface area contributed by atoms with Crippen LogP contribution in [0.3, 0.4) is 0 Å². The Balaban J connectivity index is 1.19. The Labute approximate surface area is 257 Å². The Morgan fingerprint density at radius 1 is 0.976 bits per heavy atom. The molecule has 3 aromatic rings. The van der Waals surface area contributed by atoms with Crippen LogP contribution in [0.4, 0.5) is 11.5 Å². The van der Waals surface area contributed by atoms with Gasteiger partial charge in [0.05, 0.1) is 23.2 Å². The first-order chi connectivity index (χ1) is 20.3. The maximum absolute atomic E-state index is 13.1. The third-order valence-electron chi connectivity index (χ3n) is 8.01. The molecule has 5 rings (SSSR count). The summed E-state index contributed by atoms with van der Waals surface area (Å²) < 4.78 is 5.18. The van der Waals surface area contributed by atoms with Gasteiger partial charge < -0.3 is 19.4 Å². The summed E-state index contributed by atoms with van der Waals surface area (Å²) in [6, 6.07) is 15.7. The van der Waals surface area contributed by atoms with Gasteiger partial charge in [-0.1, -0.05) is 47.6 Å². The first kappa shape index (κ1) is 30.2. The van der Waals surface area contributed by atoms with Gasteiger partial charge in [-0.25, -0.2) is 9.97 Å². The van der Waals surface area contributed by atoms with Crippen molar-refractivity contribution in [3.8, 4) is 0 Å². The van der Waals surface area contributed by atoms with Crippen molar-refractivity contribution in [3.05, 3.63) is 75.9 Å². The van der Waals surface area contributed by atoms with E-state index in [4.69, 9.17) is 26.3 Å². The first-order valence-corrected chi connectivity index (χ1v) is 16.0. The van der Waals surface area contributed by atoms with E-state index in [0.29, 0.717) is 31.0 Å². The SMILES string of the molecule is CCOC(=O)[C@H]1CCCN(C(=O)c2ccc(CSc3nc(C)c(C)c(N4CCN(c5ccccc5Cl)CC4)n3)cc2)C1. The van der Waals surface area contributed by atoms with Gasteiger partial charge in [0, 0.05) is 61.8 Å². The zero-order valence-corrected chi connectivity index (χ0v) is 26.1. The molecule has 0 aliphatic carbocycles. The van der Waals surface area contributed by atoms with Crippen LogP contribution in [-0.4, -0.2) is 72.6 Å². The fourth-order valence-corrected chi connectivity index (χ4v) is 6.61. The number of likely N-dealkylation sites (tertiary alicyclic amines) is 1. The van der Waals surface area contributed by atoms with E-state index < -0.39 is 0 Å². The second-order valence-electron chi connectivity index (χ2n) is 10.8. The molecule has 0 spiro atoms. The minimum Gasteiger partial charge on any atom is -0.466 e. The minimum atomic E-state index is -0.243. The largest absolute Gasteiger partial charge is 0.466 e. The van der Waals surface area contributed by atoms with Crippen molar-refractivity contribution < 1.29 is 14.3 Å². The number of esters is 1. The molecule has 222 valence electrons. The van der Waals surface area contributed by atoms with Gasteiger partial charge in [-0.05, 0) is 63.4 Å². The molecular formula is C32H38ClN5O3S. The summed E-state index contributed by atoms with van der Waals surface area (Å²) >= 11 is 8.04. The lowest BCUT2D eigenvalue weighted by Gasteiger charge is -2.37. The zero-order valence-electron chi connectivity index (χ0n) is 24.5. The highest BCUT2D eigenvalue weighted by atomic mass is 35.5. The van der Waals surface area contributed by atoms with Crippen molar-refractivity contribution >= 4 is 46.7 Å². The number of piperazine rings is 1. The van der Waals surface area contributed by atoms with Crippen LogP contribution >= 0.6 is 23.4 Å². The summed E-state index contributed by atoms with van der Waals surface area (Å²) in [7, 11) is 0. The number of para-hydroxylation sites is 1. The van der Waals surface area contributed by atoms with Crippen LogP contribution < -0.4 is 9.80 Å². The van der Waals surface area contributed by atoms with E-state index in [9.17, 15) is 9.59 Å². The molecule has 0 N–H and O–H groups in total. The Kier molecular flexibility index (Phi) is 9.90. The number of rotatable bonds is 8. The van der Waals surface area contributed by atoms with Crippen LogP contribution in [0.2, 0.25) is 5.02 Å². The van der Waals surface area contributed by atoms with Gasteiger partial charge in [-0.15, -0.1) is 0 Å². The summed E-state index contributed by atoms with van der Waals surface area (Å²) in [5.74, 6) is 1.20. The molecule has 0 saturated carbocycles. The Morgan fingerprint density at radius 3 is 2.40 bits per heavy atom. The number of anilines is 2. The van der Waals surface area contributed by atoms with E-state index in [2.05, 4.69) is 22.8 Å². The topological polar surface area (TPSA) is 78.9 Å². The lowest BCUT2D eigenvalue weighted by molar-refractivity contribution is -0.149. The van der Waals surface area contributed by atoms with Crippen molar-refractivity contribution in [2.45, 2.75) is 44.5 Å². The van der Waals surface area contributed by atoms with Crippen molar-refractivity contribution in [2.24, 2.45) is 5.92 Å². The molecule has 8 nitrogen and oxygen atoms in total. The highest BCUT2D eigenvalue weighted by Crippen LogP contribution is 2.30. The average Bonchev–Trinajstić information content (AvgIpc) is 3.02. The third-order valence-corrected chi connectivity index (χ3v) is 9.25. The molecule has 3 heterocycles. The number of nitrogens with zero attached hydrogens (tertiary/aromatic N) is 5. The lowest BCUT2D eigenvalue weighted by Crippen LogP contribution is -2.47. The molecule has 1 atom stereocenters. The molecule has 2 saturated heterocycles. The fraction of sp³-hybridized carbons (Fsp3) is 0.438. The lowest BCUT2D eigenvalue weighted by atomic mass is 9.97. The number of hydrogen-bond acceptors (Lipinski definition) is 8. The predicted molar refractivity (Wildman–Crippen MR) is 169 cm³/mol. The van der Waals surface area contributed by atoms with Gasteiger partial charge in [-0.2, -0.15) is 0 Å². The number of halogens is 1. The highest BCUT2D eigenvalue weighted by molar-refractivity contribution is 7.98. The van der Waals surface area contributed by atoms with Crippen molar-refractivity contribution in [1.29, 1.82) is 0 Å². The number of aryl methyl sites for hydroxylation is 1. The number of ether oxygens (including phenoxy) is 1. The van der Waals surface area contributed by atoms with Crippen LogP contribution in [0.15, 0.2) is 53.7 Å². The van der Waals surface area contributed by atoms with Crippen molar-refractivity contribution in [2.75, 3.05) is 55.7 Å². The van der Waals surface area contributed by atoms with Gasteiger partial charge >= 0.3 is 5.97 Å². The molecule has 1 amide bonds. The summed E-state index contributed by atoms with van der Waals surface area (Å²) in [5.41, 5.74) is 4.90. The number of thioether (sulfide) groups is 1. The summed E-state index contributed by atoms with van der Waals surface area (Å²) in [4.78, 5) is 41.5. The van der Waals surface area contributed by atoms with Gasteiger partial charge in [-0.3, -0.25) is 9.59 Å². The number of benzene rings is 2. The van der Waals surface area contributed by atoms with E-state index in [0.717, 1.165) is 77.5 Å². The van der Waals surface area contributed by atoms with E-state index in [1.54, 1.807) is 23.6 Å². The monoisotopic (exact) mass is 607 g/mol. The van der Waals surface area contributed by atoms with Crippen LogP contribution in [-0.2, 0) is 15.3 Å². The van der Waals surface area contributed by atoms with Crippen LogP contribution in [0, 0.1) is 19.8 Å². The molecule has 42 heavy (non-hydrogen) atoms. The number of amides is 1. The van der Waals surface area contributed by atoms with Crippen molar-refractivity contribution in [1.82, 2.24) is 14.9 Å². The summed E-state index contributed by atoms with van der Waals surface area (Å²) in [6.45, 7) is 10.8. The maximum atomic E-state index is 13.1. The number of carbonyl (C=O) groups is 2. The third kappa shape index (κ3) is 7.01. The Bertz CT molecular complexity index is 1410. The number of hydrogen-bond donors (Lipinski definition) is 0. The van der Waals surface area contributed by atoms with Crippen molar-refractivity contribution in [3.63, 3.8) is 0 Å². The number of carbonyl (C=O) groups excluding carboxylic acids is 2. The Morgan fingerprint density at radius 2 is 1.69 bits per heavy atom. The quantitative estimate of drug-likeness (QED) is 0.181.